The molecule has 0 fully saturated rings. The lowest BCUT2D eigenvalue weighted by molar-refractivity contribution is 0.0965. The second kappa shape index (κ2) is 5.99. The summed E-state index contributed by atoms with van der Waals surface area (Å²) in [5.74, 6) is 0.964. The number of nitrogens with one attached hydrogen (secondary N) is 1. The zero-order valence-corrected chi connectivity index (χ0v) is 13.1. The SMILES string of the molecule is CC=C(N)NC(=O)c1cc(C)c(OC)c(C(C)(C)C)c1. The van der Waals surface area contributed by atoms with E-state index in [0.29, 0.717) is 11.4 Å². The molecule has 0 radical (unpaired) electrons. The quantitative estimate of drug-likeness (QED) is 0.892. The number of aryl methyl sites for hydroxylation is 1. The lowest BCUT2D eigenvalue weighted by Crippen LogP contribution is -2.28. The molecule has 110 valence electrons. The summed E-state index contributed by atoms with van der Waals surface area (Å²) in [5, 5.41) is 2.65. The van der Waals surface area contributed by atoms with Crippen LogP contribution in [0.3, 0.4) is 0 Å². The lowest BCUT2D eigenvalue weighted by Gasteiger charge is -2.24. The minimum Gasteiger partial charge on any atom is -0.496 e. The maximum absolute atomic E-state index is 12.2. The van der Waals surface area contributed by atoms with E-state index in [9.17, 15) is 4.79 Å². The molecule has 1 aromatic rings. The molecular formula is C16H24N2O2. The third-order valence-electron chi connectivity index (χ3n) is 3.12. The van der Waals surface area contributed by atoms with Gasteiger partial charge in [0.1, 0.15) is 5.75 Å². The minimum absolute atomic E-state index is 0.113. The molecule has 0 aliphatic heterocycles. The van der Waals surface area contributed by atoms with Crippen LogP contribution in [0.2, 0.25) is 0 Å². The van der Waals surface area contributed by atoms with Crippen LogP contribution in [0.5, 0.6) is 5.75 Å². The number of allylic oxidation sites excluding steroid dienone is 1. The third-order valence-corrected chi connectivity index (χ3v) is 3.12. The van der Waals surface area contributed by atoms with Gasteiger partial charge in [-0.05, 0) is 43.0 Å². The number of benzene rings is 1. The highest BCUT2D eigenvalue weighted by Crippen LogP contribution is 2.34. The number of carbonyl (C=O) groups is 1. The largest absolute Gasteiger partial charge is 0.496 e. The van der Waals surface area contributed by atoms with Gasteiger partial charge in [-0.2, -0.15) is 0 Å². The monoisotopic (exact) mass is 276 g/mol. The van der Waals surface area contributed by atoms with Crippen LogP contribution < -0.4 is 15.8 Å². The Balaban J connectivity index is 3.31. The number of rotatable bonds is 3. The zero-order valence-electron chi connectivity index (χ0n) is 13.1. The topological polar surface area (TPSA) is 64.3 Å². The van der Waals surface area contributed by atoms with Crippen LogP contribution >= 0.6 is 0 Å². The predicted octanol–water partition coefficient (Wildman–Crippen LogP) is 2.85. The van der Waals surface area contributed by atoms with Crippen molar-refractivity contribution in [2.45, 2.75) is 40.0 Å². The molecule has 0 spiro atoms. The van der Waals surface area contributed by atoms with E-state index in [2.05, 4.69) is 26.1 Å². The fourth-order valence-corrected chi connectivity index (χ4v) is 2.01. The summed E-state index contributed by atoms with van der Waals surface area (Å²) >= 11 is 0. The van der Waals surface area contributed by atoms with E-state index in [1.807, 2.05) is 19.1 Å². The maximum Gasteiger partial charge on any atom is 0.256 e. The predicted molar refractivity (Wildman–Crippen MR) is 81.8 cm³/mol. The summed E-state index contributed by atoms with van der Waals surface area (Å²) in [6, 6.07) is 3.68. The summed E-state index contributed by atoms with van der Waals surface area (Å²) in [6.07, 6.45) is 1.65. The van der Waals surface area contributed by atoms with Gasteiger partial charge in [-0.15, -0.1) is 0 Å². The molecule has 4 heteroatoms. The summed E-state index contributed by atoms with van der Waals surface area (Å²) in [4.78, 5) is 12.2. The Morgan fingerprint density at radius 1 is 1.35 bits per heavy atom. The van der Waals surface area contributed by atoms with Crippen LogP contribution in [0.15, 0.2) is 24.0 Å². The fourth-order valence-electron chi connectivity index (χ4n) is 2.01. The van der Waals surface area contributed by atoms with Crippen LogP contribution in [0, 0.1) is 6.92 Å². The number of nitrogens with two attached hydrogens (primary N) is 1. The van der Waals surface area contributed by atoms with Crippen molar-refractivity contribution in [1.29, 1.82) is 0 Å². The van der Waals surface area contributed by atoms with Gasteiger partial charge >= 0.3 is 0 Å². The summed E-state index contributed by atoms with van der Waals surface area (Å²) < 4.78 is 5.47. The van der Waals surface area contributed by atoms with E-state index in [0.717, 1.165) is 16.9 Å². The van der Waals surface area contributed by atoms with Crippen molar-refractivity contribution >= 4 is 5.91 Å². The van der Waals surface area contributed by atoms with Gasteiger partial charge in [-0.25, -0.2) is 0 Å². The van der Waals surface area contributed by atoms with Gasteiger partial charge in [0.2, 0.25) is 0 Å². The molecule has 0 bridgehead atoms. The summed E-state index contributed by atoms with van der Waals surface area (Å²) in [5.41, 5.74) is 8.04. The smallest absolute Gasteiger partial charge is 0.256 e. The van der Waals surface area contributed by atoms with E-state index in [4.69, 9.17) is 10.5 Å². The van der Waals surface area contributed by atoms with Gasteiger partial charge in [-0.3, -0.25) is 4.79 Å². The van der Waals surface area contributed by atoms with Crippen LogP contribution in [0.1, 0.15) is 49.2 Å². The van der Waals surface area contributed by atoms with E-state index in [1.54, 1.807) is 20.1 Å². The van der Waals surface area contributed by atoms with Crippen LogP contribution in [0.25, 0.3) is 0 Å². The number of hydrogen-bond acceptors (Lipinski definition) is 3. The first-order chi connectivity index (χ1) is 9.20. The van der Waals surface area contributed by atoms with Crippen molar-refractivity contribution in [2.24, 2.45) is 5.73 Å². The molecule has 1 amide bonds. The van der Waals surface area contributed by atoms with E-state index in [-0.39, 0.29) is 11.3 Å². The van der Waals surface area contributed by atoms with E-state index in [1.165, 1.54) is 0 Å². The van der Waals surface area contributed by atoms with Crippen molar-refractivity contribution in [3.63, 3.8) is 0 Å². The van der Waals surface area contributed by atoms with Crippen molar-refractivity contribution in [2.75, 3.05) is 7.11 Å². The number of ether oxygens (including phenoxy) is 1. The van der Waals surface area contributed by atoms with E-state index < -0.39 is 0 Å². The van der Waals surface area contributed by atoms with Crippen molar-refractivity contribution in [1.82, 2.24) is 5.32 Å². The van der Waals surface area contributed by atoms with Gasteiger partial charge in [0.15, 0.2) is 0 Å². The van der Waals surface area contributed by atoms with Crippen LogP contribution in [0.4, 0.5) is 0 Å². The number of hydrogen-bond donors (Lipinski definition) is 2. The van der Waals surface area contributed by atoms with Crippen molar-refractivity contribution in [3.05, 3.63) is 40.7 Å². The normalized spacial score (nSPS) is 12.2. The number of methoxy groups -OCH3 is 1. The van der Waals surface area contributed by atoms with Crippen LogP contribution in [-0.2, 0) is 5.41 Å². The molecule has 0 aliphatic carbocycles. The highest BCUT2D eigenvalue weighted by Gasteiger charge is 2.22. The standard InChI is InChI=1S/C16H24N2O2/c1-7-13(17)18-15(19)11-8-10(2)14(20-6)12(9-11)16(3,4)5/h7-9H,17H2,1-6H3,(H,18,19). The second-order valence-electron chi connectivity index (χ2n) is 5.82. The summed E-state index contributed by atoms with van der Waals surface area (Å²) in [6.45, 7) is 9.98. The molecule has 1 aromatic carbocycles. The Morgan fingerprint density at radius 2 is 1.95 bits per heavy atom. The Labute approximate surface area is 121 Å². The Bertz CT molecular complexity index is 540. The van der Waals surface area contributed by atoms with Gasteiger partial charge < -0.3 is 15.8 Å². The molecule has 0 saturated heterocycles. The Morgan fingerprint density at radius 3 is 2.40 bits per heavy atom. The molecule has 0 aromatic heterocycles. The van der Waals surface area contributed by atoms with Crippen molar-refractivity contribution in [3.8, 4) is 5.75 Å². The van der Waals surface area contributed by atoms with E-state index >= 15 is 0 Å². The average molecular weight is 276 g/mol. The van der Waals surface area contributed by atoms with Crippen LogP contribution in [-0.4, -0.2) is 13.0 Å². The number of carbonyl (C=O) groups excluding carboxylic acids is 1. The molecule has 0 heterocycles. The maximum atomic E-state index is 12.2. The first kappa shape index (κ1) is 16.1. The Kier molecular flexibility index (Phi) is 4.82. The lowest BCUT2D eigenvalue weighted by atomic mass is 9.84. The van der Waals surface area contributed by atoms with Gasteiger partial charge in [0.05, 0.1) is 12.9 Å². The molecule has 4 nitrogen and oxygen atoms in total. The highest BCUT2D eigenvalue weighted by atomic mass is 16.5. The Hall–Kier alpha value is -1.97. The molecule has 20 heavy (non-hydrogen) atoms. The number of amides is 1. The zero-order chi connectivity index (χ0) is 15.5. The van der Waals surface area contributed by atoms with Gasteiger partial charge in [0.25, 0.3) is 5.91 Å². The highest BCUT2D eigenvalue weighted by molar-refractivity contribution is 5.96. The molecule has 0 unspecified atom stereocenters. The van der Waals surface area contributed by atoms with Gasteiger partial charge in [-0.1, -0.05) is 20.8 Å². The second-order valence-corrected chi connectivity index (χ2v) is 5.82. The first-order valence-electron chi connectivity index (χ1n) is 6.63. The molecule has 0 atom stereocenters. The molecule has 1 rings (SSSR count). The van der Waals surface area contributed by atoms with Crippen molar-refractivity contribution < 1.29 is 9.53 Å². The third kappa shape index (κ3) is 3.53. The molecule has 0 aliphatic rings. The van der Waals surface area contributed by atoms with Gasteiger partial charge in [0, 0.05) is 11.1 Å². The minimum atomic E-state index is -0.211. The average Bonchev–Trinajstić information content (AvgIpc) is 2.36. The summed E-state index contributed by atoms with van der Waals surface area (Å²) in [7, 11) is 1.65. The first-order valence-corrected chi connectivity index (χ1v) is 6.63. The fraction of sp³-hybridized carbons (Fsp3) is 0.438. The molecular weight excluding hydrogens is 252 g/mol. The molecule has 3 N–H and O–H groups in total. The molecule has 0 saturated carbocycles.